The third-order valence-corrected chi connectivity index (χ3v) is 3.54. The summed E-state index contributed by atoms with van der Waals surface area (Å²) < 4.78 is 4.80. The van der Waals surface area contributed by atoms with E-state index in [-0.39, 0.29) is 12.4 Å². The topological polar surface area (TPSA) is 67.2 Å². The number of carbonyl (C=O) groups is 2. The summed E-state index contributed by atoms with van der Waals surface area (Å²) in [6.45, 7) is 1.88. The third kappa shape index (κ3) is 3.70. The van der Waals surface area contributed by atoms with Gasteiger partial charge in [-0.1, -0.05) is 0 Å². The van der Waals surface area contributed by atoms with Crippen LogP contribution in [0.15, 0.2) is 30.3 Å². The molecule has 0 saturated heterocycles. The number of ether oxygens (including phenoxy) is 1. The molecule has 0 saturated carbocycles. The average molecular weight is 296 g/mol. The number of ketones is 1. The van der Waals surface area contributed by atoms with E-state index >= 15 is 0 Å². The minimum absolute atomic E-state index is 0.207. The van der Waals surface area contributed by atoms with E-state index in [4.69, 9.17) is 10.00 Å². The van der Waals surface area contributed by atoms with Crippen molar-refractivity contribution < 1.29 is 14.3 Å². The number of hydrogen-bond donors (Lipinski definition) is 0. The Morgan fingerprint density at radius 1 is 1.41 bits per heavy atom. The molecule has 0 N–H and O–H groups in total. The summed E-state index contributed by atoms with van der Waals surface area (Å²) in [5.74, 6) is -0.950. The molecule has 0 aliphatic rings. The van der Waals surface area contributed by atoms with Crippen LogP contribution in [0.5, 0.6) is 0 Å². The average Bonchev–Trinajstić information content (AvgIpc) is 2.36. The van der Waals surface area contributed by atoms with E-state index < -0.39 is 25.7 Å². The Bertz CT molecular complexity index is 439. The van der Waals surface area contributed by atoms with Crippen molar-refractivity contribution in [3.8, 4) is 4.97 Å². The first-order valence-corrected chi connectivity index (χ1v) is 6.86. The quantitative estimate of drug-likeness (QED) is 0.356. The number of Topliss-reactive ketones (excluding diaryl/α,β-unsaturated/α-hetero) is 1. The molecule has 0 radical (unpaired) electrons. The maximum absolute atomic E-state index is 12.0. The van der Waals surface area contributed by atoms with E-state index in [0.717, 1.165) is 0 Å². The molecule has 1 aromatic rings. The molecular weight excluding hydrogens is 285 g/mol. The summed E-state index contributed by atoms with van der Waals surface area (Å²) >= 11 is -0.737. The van der Waals surface area contributed by atoms with Gasteiger partial charge in [-0.05, 0) is 0 Å². The van der Waals surface area contributed by atoms with Crippen LogP contribution in [-0.4, -0.2) is 33.3 Å². The van der Waals surface area contributed by atoms with Gasteiger partial charge in [0, 0.05) is 0 Å². The summed E-state index contributed by atoms with van der Waals surface area (Å²) in [5, 5.41) is 8.67. The second kappa shape index (κ2) is 6.85. The van der Waals surface area contributed by atoms with Gasteiger partial charge in [0.2, 0.25) is 0 Å². The Morgan fingerprint density at radius 2 is 2.06 bits per heavy atom. The molecule has 5 heteroatoms. The molecule has 0 amide bonds. The van der Waals surface area contributed by atoms with Gasteiger partial charge in [0.1, 0.15) is 0 Å². The molecule has 0 heterocycles. The van der Waals surface area contributed by atoms with Crippen LogP contribution in [0.2, 0.25) is 4.82 Å². The van der Waals surface area contributed by atoms with Crippen molar-refractivity contribution in [3.05, 3.63) is 35.9 Å². The van der Waals surface area contributed by atoms with Crippen LogP contribution < -0.4 is 0 Å². The van der Waals surface area contributed by atoms with Crippen molar-refractivity contribution in [2.45, 2.75) is 11.7 Å². The van der Waals surface area contributed by atoms with Gasteiger partial charge in [-0.15, -0.1) is 0 Å². The SMILES string of the molecule is CCOC(=O)C([Se]C#N)C(=O)c1ccccc1. The van der Waals surface area contributed by atoms with Gasteiger partial charge in [-0.2, -0.15) is 0 Å². The van der Waals surface area contributed by atoms with Crippen molar-refractivity contribution >= 4 is 26.7 Å². The number of esters is 1. The maximum atomic E-state index is 12.0. The van der Waals surface area contributed by atoms with Crippen LogP contribution in [0.1, 0.15) is 17.3 Å². The van der Waals surface area contributed by atoms with Gasteiger partial charge in [0.15, 0.2) is 0 Å². The molecule has 88 valence electrons. The number of rotatable bonds is 5. The van der Waals surface area contributed by atoms with Crippen molar-refractivity contribution in [3.63, 3.8) is 0 Å². The molecule has 4 nitrogen and oxygen atoms in total. The summed E-state index contributed by atoms with van der Waals surface area (Å²) in [6, 6.07) is 8.47. The standard InChI is InChI=1S/C12H11NO3Se/c1-2-16-12(15)11(17-8-13)10(14)9-6-4-3-5-7-9/h3-7,11H,2H2,1H3. The number of hydrogen-bond acceptors (Lipinski definition) is 4. The molecule has 0 aromatic heterocycles. The zero-order valence-corrected chi connectivity index (χ0v) is 11.0. The van der Waals surface area contributed by atoms with Crippen LogP contribution >= 0.6 is 0 Å². The van der Waals surface area contributed by atoms with E-state index in [1.54, 1.807) is 37.3 Å². The van der Waals surface area contributed by atoms with Crippen molar-refractivity contribution in [2.75, 3.05) is 6.61 Å². The zero-order valence-electron chi connectivity index (χ0n) is 9.25. The monoisotopic (exact) mass is 297 g/mol. The van der Waals surface area contributed by atoms with Gasteiger partial charge < -0.3 is 0 Å². The third-order valence-electron chi connectivity index (χ3n) is 1.97. The first kappa shape index (κ1) is 13.4. The Morgan fingerprint density at radius 3 is 2.59 bits per heavy atom. The van der Waals surface area contributed by atoms with E-state index in [1.165, 1.54) is 0 Å². The molecule has 1 aromatic carbocycles. The number of benzene rings is 1. The van der Waals surface area contributed by atoms with Gasteiger partial charge in [0.05, 0.1) is 0 Å². The predicted molar refractivity (Wildman–Crippen MR) is 62.5 cm³/mol. The fourth-order valence-corrected chi connectivity index (χ4v) is 2.31. The molecule has 1 unspecified atom stereocenters. The molecule has 0 aliphatic heterocycles. The normalized spacial score (nSPS) is 11.3. The first-order chi connectivity index (χ1) is 8.20. The second-order valence-electron chi connectivity index (χ2n) is 3.07. The summed E-state index contributed by atoms with van der Waals surface area (Å²) in [4.78, 5) is 24.5. The van der Waals surface area contributed by atoms with Crippen LogP contribution in [0.4, 0.5) is 0 Å². The molecule has 1 atom stereocenters. The number of nitrogens with zero attached hydrogens (tertiary/aromatic N) is 1. The van der Waals surface area contributed by atoms with Gasteiger partial charge in [-0.3, -0.25) is 0 Å². The predicted octanol–water partition coefficient (Wildman–Crippen LogP) is 1.41. The first-order valence-electron chi connectivity index (χ1n) is 5.01. The Labute approximate surface area is 106 Å². The molecule has 0 spiro atoms. The van der Waals surface area contributed by atoms with Gasteiger partial charge >= 0.3 is 106 Å². The minimum atomic E-state index is -0.963. The molecule has 0 aliphatic carbocycles. The molecule has 0 bridgehead atoms. The van der Waals surface area contributed by atoms with Crippen molar-refractivity contribution in [2.24, 2.45) is 0 Å². The number of nitriles is 1. The summed E-state index contributed by atoms with van der Waals surface area (Å²) in [5.41, 5.74) is 0.433. The second-order valence-corrected chi connectivity index (χ2v) is 4.94. The van der Waals surface area contributed by atoms with E-state index in [9.17, 15) is 9.59 Å². The zero-order chi connectivity index (χ0) is 12.7. The van der Waals surface area contributed by atoms with E-state index in [0.29, 0.717) is 5.56 Å². The molecule has 17 heavy (non-hydrogen) atoms. The van der Waals surface area contributed by atoms with Crippen LogP contribution in [-0.2, 0) is 9.53 Å². The van der Waals surface area contributed by atoms with Crippen LogP contribution in [0.25, 0.3) is 0 Å². The van der Waals surface area contributed by atoms with E-state index in [2.05, 4.69) is 0 Å². The van der Waals surface area contributed by atoms with Crippen LogP contribution in [0, 0.1) is 10.2 Å². The van der Waals surface area contributed by atoms with Crippen molar-refractivity contribution in [1.82, 2.24) is 0 Å². The number of carbonyl (C=O) groups excluding carboxylic acids is 2. The fourth-order valence-electron chi connectivity index (χ4n) is 1.23. The Hall–Kier alpha value is -1.63. The van der Waals surface area contributed by atoms with Crippen LogP contribution in [0.3, 0.4) is 0 Å². The van der Waals surface area contributed by atoms with Crippen molar-refractivity contribution in [1.29, 1.82) is 5.26 Å². The van der Waals surface area contributed by atoms with E-state index in [1.807, 2.05) is 4.97 Å². The summed E-state index contributed by atoms with van der Waals surface area (Å²) in [6.07, 6.45) is 0. The van der Waals surface area contributed by atoms with Gasteiger partial charge in [0.25, 0.3) is 0 Å². The molecule has 0 fully saturated rings. The molecule has 1 rings (SSSR count). The Kier molecular flexibility index (Phi) is 5.41. The molecular formula is C12H11NO3Se. The fraction of sp³-hybridized carbons (Fsp3) is 0.250. The van der Waals surface area contributed by atoms with Gasteiger partial charge in [-0.25, -0.2) is 0 Å². The Balaban J connectivity index is 2.89. The summed E-state index contributed by atoms with van der Waals surface area (Å²) in [7, 11) is 0.